The van der Waals surface area contributed by atoms with Crippen molar-refractivity contribution < 1.29 is 80.2 Å². The topological polar surface area (TPSA) is 237 Å². The van der Waals surface area contributed by atoms with Gasteiger partial charge in [-0.3, -0.25) is 37.3 Å². The summed E-state index contributed by atoms with van der Waals surface area (Å²) in [5.74, 6) is -0.637. The van der Waals surface area contributed by atoms with Crippen molar-refractivity contribution in [2.24, 2.45) is 11.8 Å². The highest BCUT2D eigenvalue weighted by atomic mass is 31.2. The van der Waals surface area contributed by atoms with Crippen molar-refractivity contribution in [2.45, 2.75) is 400 Å². The highest BCUT2D eigenvalue weighted by molar-refractivity contribution is 7.47. The normalized spacial score (nSPS) is 14.1. The first-order valence-electron chi connectivity index (χ1n) is 38.5. The number of phosphoric acid groups is 2. The number of unbranched alkanes of at least 4 members (excludes halogenated alkanes) is 43. The molecule has 0 amide bonds. The molecule has 0 aromatic rings. The molecule has 0 radical (unpaired) electrons. The second-order valence-corrected chi connectivity index (χ2v) is 30.5. The predicted molar refractivity (Wildman–Crippen MR) is 377 cm³/mol. The fourth-order valence-electron chi connectivity index (χ4n) is 11.3. The molecule has 19 heteroatoms. The molecular weight excluding hydrogens is 1220 g/mol. The van der Waals surface area contributed by atoms with Crippen LogP contribution in [0.2, 0.25) is 0 Å². The summed E-state index contributed by atoms with van der Waals surface area (Å²) in [6, 6.07) is 0. The number of hydrogen-bond donors (Lipinski definition) is 3. The van der Waals surface area contributed by atoms with Crippen molar-refractivity contribution in [3.63, 3.8) is 0 Å². The third-order valence-electron chi connectivity index (χ3n) is 17.2. The number of aliphatic hydroxyl groups is 1. The minimum atomic E-state index is -4.95. The Bertz CT molecular complexity index is 1800. The fraction of sp³-hybridized carbons (Fsp3) is 0.946. The van der Waals surface area contributed by atoms with Gasteiger partial charge in [-0.25, -0.2) is 9.13 Å². The molecule has 2 unspecified atom stereocenters. The van der Waals surface area contributed by atoms with Gasteiger partial charge in [-0.1, -0.05) is 330 Å². The summed E-state index contributed by atoms with van der Waals surface area (Å²) >= 11 is 0. The lowest BCUT2D eigenvalue weighted by Gasteiger charge is -2.21. The van der Waals surface area contributed by atoms with Crippen LogP contribution in [0.4, 0.5) is 0 Å². The van der Waals surface area contributed by atoms with E-state index in [9.17, 15) is 43.2 Å². The van der Waals surface area contributed by atoms with Crippen LogP contribution < -0.4 is 0 Å². The van der Waals surface area contributed by atoms with Gasteiger partial charge in [0.05, 0.1) is 26.4 Å². The Kier molecular flexibility index (Phi) is 64.6. The molecule has 5 atom stereocenters. The van der Waals surface area contributed by atoms with Crippen LogP contribution in [0, 0.1) is 11.8 Å². The molecule has 0 spiro atoms. The van der Waals surface area contributed by atoms with E-state index in [1.165, 1.54) is 186 Å². The molecule has 0 aromatic carbocycles. The van der Waals surface area contributed by atoms with Crippen molar-refractivity contribution in [3.8, 4) is 0 Å². The van der Waals surface area contributed by atoms with Gasteiger partial charge >= 0.3 is 39.5 Å². The zero-order chi connectivity index (χ0) is 68.6. The number of carbonyl (C=O) groups excluding carboxylic acids is 4. The van der Waals surface area contributed by atoms with E-state index in [2.05, 4.69) is 41.5 Å². The summed E-state index contributed by atoms with van der Waals surface area (Å²) < 4.78 is 68.3. The predicted octanol–water partition coefficient (Wildman–Crippen LogP) is 21.6. The molecule has 0 rings (SSSR count). The van der Waals surface area contributed by atoms with E-state index in [-0.39, 0.29) is 25.7 Å². The Balaban J connectivity index is 5.16. The Morgan fingerprint density at radius 3 is 0.731 bits per heavy atom. The summed E-state index contributed by atoms with van der Waals surface area (Å²) in [6.07, 6.45) is 53.1. The van der Waals surface area contributed by atoms with Crippen molar-refractivity contribution in [1.29, 1.82) is 0 Å². The fourth-order valence-corrected chi connectivity index (χ4v) is 12.9. The molecule has 0 saturated carbocycles. The van der Waals surface area contributed by atoms with Crippen molar-refractivity contribution in [2.75, 3.05) is 39.6 Å². The second-order valence-electron chi connectivity index (χ2n) is 27.6. The van der Waals surface area contributed by atoms with Crippen LogP contribution >= 0.6 is 15.6 Å². The van der Waals surface area contributed by atoms with E-state index in [4.69, 9.17) is 37.0 Å². The van der Waals surface area contributed by atoms with Gasteiger partial charge in [0.25, 0.3) is 0 Å². The van der Waals surface area contributed by atoms with Gasteiger partial charge in [-0.05, 0) is 37.5 Å². The maximum absolute atomic E-state index is 13.1. The van der Waals surface area contributed by atoms with Crippen LogP contribution in [0.3, 0.4) is 0 Å². The molecule has 0 aliphatic heterocycles. The van der Waals surface area contributed by atoms with Gasteiger partial charge in [0.2, 0.25) is 0 Å². The molecule has 0 aliphatic rings. The first-order chi connectivity index (χ1) is 44.9. The van der Waals surface area contributed by atoms with Gasteiger partial charge in [0, 0.05) is 25.7 Å². The maximum atomic E-state index is 13.1. The second kappa shape index (κ2) is 66.0. The van der Waals surface area contributed by atoms with Crippen molar-refractivity contribution >= 4 is 39.5 Å². The minimum Gasteiger partial charge on any atom is -0.462 e. The standard InChI is InChI=1S/C74H144O17P2/c1-7-9-11-13-15-16-17-18-19-20-21-22-23-24-25-26-29-33-40-46-52-58-73(78)90-70(63-85-72(77)57-51-45-39-32-30-27-28-31-37-42-48-54-66(3)4)65-89-93(82,83)87-61-68(75)60-86-92(80,81)88-64-69(62-84-71(76)56-50-44-36-14-12-10-8-2)91-74(79)59-53-47-41-35-34-38-43-49-55-67(5)6/h66-70,75H,7-65H2,1-6H3,(H,80,81)(H,82,83)/t68-,69+,70+/m0/s1. The monoisotopic (exact) mass is 1370 g/mol. The highest BCUT2D eigenvalue weighted by Crippen LogP contribution is 2.45. The summed E-state index contributed by atoms with van der Waals surface area (Å²) in [4.78, 5) is 72.5. The first kappa shape index (κ1) is 91.1. The third kappa shape index (κ3) is 68.4. The van der Waals surface area contributed by atoms with Crippen LogP contribution in [0.5, 0.6) is 0 Å². The summed E-state index contributed by atoms with van der Waals surface area (Å²) in [5.41, 5.74) is 0. The van der Waals surface area contributed by atoms with Crippen LogP contribution in [0.25, 0.3) is 0 Å². The minimum absolute atomic E-state index is 0.104. The van der Waals surface area contributed by atoms with Crippen LogP contribution in [-0.4, -0.2) is 96.7 Å². The van der Waals surface area contributed by atoms with Crippen molar-refractivity contribution in [3.05, 3.63) is 0 Å². The van der Waals surface area contributed by atoms with Gasteiger partial charge in [-0.15, -0.1) is 0 Å². The first-order valence-corrected chi connectivity index (χ1v) is 41.5. The molecular formula is C74H144O17P2. The number of carbonyl (C=O) groups is 4. The SMILES string of the molecule is CCCCCCCCCCCCCCCCCCCCCCCC(=O)O[C@H](COC(=O)CCCCCCCCCCCCCC(C)C)COP(=O)(O)OC[C@@H](O)COP(=O)(O)OC[C@@H](COC(=O)CCCCCCCCC)OC(=O)CCCCCCCCCCC(C)C. The molecule has 0 heterocycles. The lowest BCUT2D eigenvalue weighted by molar-refractivity contribution is -0.161. The summed E-state index contributed by atoms with van der Waals surface area (Å²) in [7, 11) is -9.90. The molecule has 3 N–H and O–H groups in total. The molecule has 552 valence electrons. The Morgan fingerprint density at radius 2 is 0.495 bits per heavy atom. The van der Waals surface area contributed by atoms with Crippen molar-refractivity contribution in [1.82, 2.24) is 0 Å². The van der Waals surface area contributed by atoms with E-state index in [0.29, 0.717) is 25.7 Å². The van der Waals surface area contributed by atoms with Crippen LogP contribution in [-0.2, 0) is 65.4 Å². The number of esters is 4. The Morgan fingerprint density at radius 1 is 0.290 bits per heavy atom. The van der Waals surface area contributed by atoms with E-state index in [1.54, 1.807) is 0 Å². The average molecular weight is 1370 g/mol. The lowest BCUT2D eigenvalue weighted by atomic mass is 10.0. The number of hydrogen-bond acceptors (Lipinski definition) is 15. The summed E-state index contributed by atoms with van der Waals surface area (Å²) in [5, 5.41) is 10.6. The Labute approximate surface area is 568 Å². The lowest BCUT2D eigenvalue weighted by Crippen LogP contribution is -2.30. The number of phosphoric ester groups is 2. The van der Waals surface area contributed by atoms with E-state index >= 15 is 0 Å². The highest BCUT2D eigenvalue weighted by Gasteiger charge is 2.30. The number of ether oxygens (including phenoxy) is 4. The van der Waals surface area contributed by atoms with Gasteiger partial charge in [0.1, 0.15) is 19.3 Å². The van der Waals surface area contributed by atoms with Gasteiger partial charge < -0.3 is 33.8 Å². The van der Waals surface area contributed by atoms with Gasteiger partial charge in [0.15, 0.2) is 12.2 Å². The molecule has 17 nitrogen and oxygen atoms in total. The molecule has 93 heavy (non-hydrogen) atoms. The van der Waals surface area contributed by atoms with Crippen LogP contribution in [0.15, 0.2) is 0 Å². The zero-order valence-electron chi connectivity index (χ0n) is 60.6. The molecule has 0 bridgehead atoms. The number of rotatable bonds is 73. The molecule has 0 saturated heterocycles. The van der Waals surface area contributed by atoms with E-state index in [0.717, 1.165) is 115 Å². The zero-order valence-corrected chi connectivity index (χ0v) is 62.3. The molecule has 0 aromatic heterocycles. The molecule has 0 fully saturated rings. The average Bonchev–Trinajstić information content (AvgIpc) is 2.29. The number of aliphatic hydroxyl groups excluding tert-OH is 1. The quantitative estimate of drug-likeness (QED) is 0.0222. The Hall–Kier alpha value is -1.94. The largest absolute Gasteiger partial charge is 0.472 e. The smallest absolute Gasteiger partial charge is 0.462 e. The molecule has 0 aliphatic carbocycles. The third-order valence-corrected chi connectivity index (χ3v) is 19.1. The van der Waals surface area contributed by atoms with E-state index < -0.39 is 97.5 Å². The maximum Gasteiger partial charge on any atom is 0.472 e. The summed E-state index contributed by atoms with van der Waals surface area (Å²) in [6.45, 7) is 9.49. The van der Waals surface area contributed by atoms with Gasteiger partial charge in [-0.2, -0.15) is 0 Å². The van der Waals surface area contributed by atoms with E-state index in [1.807, 2.05) is 0 Å². The van der Waals surface area contributed by atoms with Crippen LogP contribution in [0.1, 0.15) is 382 Å².